The van der Waals surface area contributed by atoms with Crippen molar-refractivity contribution in [3.8, 4) is 0 Å². The van der Waals surface area contributed by atoms with E-state index in [-0.39, 0.29) is 32.4 Å². The maximum atomic E-state index is 12.9. The van der Waals surface area contributed by atoms with Gasteiger partial charge in [0.25, 0.3) is 10.0 Å². The van der Waals surface area contributed by atoms with Gasteiger partial charge in [-0.2, -0.15) is 21.5 Å². The molecule has 0 spiro atoms. The van der Waals surface area contributed by atoms with Gasteiger partial charge < -0.3 is 0 Å². The van der Waals surface area contributed by atoms with Crippen molar-refractivity contribution in [2.75, 3.05) is 13.1 Å². The zero-order chi connectivity index (χ0) is 21.8. The fraction of sp³-hybridized carbons (Fsp3) is 1.00. The summed E-state index contributed by atoms with van der Waals surface area (Å²) >= 11 is 0. The molecule has 0 aliphatic rings. The van der Waals surface area contributed by atoms with Gasteiger partial charge in [-0.15, -0.1) is 0 Å². The van der Waals surface area contributed by atoms with Crippen LogP contribution in [0.5, 0.6) is 0 Å². The van der Waals surface area contributed by atoms with Gasteiger partial charge in [0.05, 0.1) is 0 Å². The largest absolute Gasteiger partial charge is 0.346 e. The Bertz CT molecular complexity index is 621. The third-order valence-corrected chi connectivity index (χ3v) is 8.02. The highest BCUT2D eigenvalue weighted by molar-refractivity contribution is 8.00. The number of hydrogen-bond donors (Lipinski definition) is 0. The van der Waals surface area contributed by atoms with Gasteiger partial charge in [-0.3, -0.25) is 0 Å². The Hall–Kier alpha value is -0.390. The zero-order valence-electron chi connectivity index (χ0n) is 17.3. The molecule has 3 unspecified atom stereocenters. The molecule has 0 bridgehead atoms. The summed E-state index contributed by atoms with van der Waals surface area (Å²) in [5.41, 5.74) is 0. The van der Waals surface area contributed by atoms with Crippen molar-refractivity contribution in [2.45, 2.75) is 92.2 Å². The summed E-state index contributed by atoms with van der Waals surface area (Å²) in [6.07, 6.45) is 6.62. The van der Waals surface area contributed by atoms with E-state index in [2.05, 4.69) is 8.16 Å². The molecular weight excluding hydrogens is 429 g/mol. The van der Waals surface area contributed by atoms with Crippen LogP contribution in [0.3, 0.4) is 0 Å². The van der Waals surface area contributed by atoms with Crippen molar-refractivity contribution in [1.29, 1.82) is 0 Å². The Labute approximate surface area is 176 Å². The van der Waals surface area contributed by atoms with E-state index in [0.29, 0.717) is 12.8 Å². The van der Waals surface area contributed by atoms with Gasteiger partial charge in [0.2, 0.25) is 0 Å². The van der Waals surface area contributed by atoms with Crippen molar-refractivity contribution in [1.82, 2.24) is 4.31 Å². The number of halogens is 3. The minimum atomic E-state index is -5.27. The highest BCUT2D eigenvalue weighted by Crippen LogP contribution is 2.24. The number of nitrogens with zero attached hydrogens (tertiary/aromatic N) is 2. The summed E-state index contributed by atoms with van der Waals surface area (Å²) in [6, 6.07) is 0. The van der Waals surface area contributed by atoms with Crippen LogP contribution in [0.1, 0.15) is 86.5 Å². The van der Waals surface area contributed by atoms with Gasteiger partial charge >= 0.3 is 16.0 Å². The Balaban J connectivity index is 0. The first-order chi connectivity index (χ1) is 13.1. The Morgan fingerprint density at radius 2 is 1.31 bits per heavy atom. The Kier molecular flexibility index (Phi) is 16.4. The van der Waals surface area contributed by atoms with E-state index < -0.39 is 26.0 Å². The second-order valence-corrected chi connectivity index (χ2v) is 10.6. The summed E-state index contributed by atoms with van der Waals surface area (Å²) < 4.78 is 81.6. The molecule has 0 aliphatic carbocycles. The van der Waals surface area contributed by atoms with Crippen LogP contribution in [0.25, 0.3) is 0 Å². The molecule has 29 heavy (non-hydrogen) atoms. The van der Waals surface area contributed by atoms with Crippen molar-refractivity contribution < 1.29 is 30.3 Å². The lowest BCUT2D eigenvalue weighted by Gasteiger charge is -2.28. The zero-order valence-corrected chi connectivity index (χ0v) is 18.9. The Morgan fingerprint density at radius 1 is 0.897 bits per heavy atom. The fourth-order valence-corrected chi connectivity index (χ4v) is 5.56. The molecule has 0 aromatic rings. The van der Waals surface area contributed by atoms with Crippen LogP contribution in [0.15, 0.2) is 3.77 Å². The summed E-state index contributed by atoms with van der Waals surface area (Å²) in [7, 11) is -10.0. The minimum absolute atomic E-state index is 0. The van der Waals surface area contributed by atoms with E-state index in [1.54, 1.807) is 0 Å². The molecule has 0 amide bonds. The molecule has 0 N–H and O–H groups in total. The average Bonchev–Trinajstić information content (AvgIpc) is 2.65. The third-order valence-electron chi connectivity index (χ3n) is 4.85. The number of alkyl halides is 2. The van der Waals surface area contributed by atoms with E-state index in [1.807, 2.05) is 27.7 Å². The first-order valence-electron chi connectivity index (χ1n) is 9.95. The van der Waals surface area contributed by atoms with Gasteiger partial charge in [-0.25, -0.2) is 4.21 Å². The number of unbranched alkanes of at least 4 members (excludes halogenated alkanes) is 2. The van der Waals surface area contributed by atoms with Crippen molar-refractivity contribution in [2.24, 2.45) is 15.6 Å². The van der Waals surface area contributed by atoms with Gasteiger partial charge in [0, 0.05) is 13.1 Å². The molecule has 0 aliphatic heterocycles. The maximum absolute atomic E-state index is 12.9. The van der Waals surface area contributed by atoms with Crippen LogP contribution in [-0.2, 0) is 24.6 Å². The molecule has 0 fully saturated rings. The van der Waals surface area contributed by atoms with Crippen LogP contribution in [0.4, 0.5) is 13.3 Å². The molecule has 0 saturated carbocycles. The van der Waals surface area contributed by atoms with E-state index in [0.717, 1.165) is 42.8 Å². The molecule has 178 valence electrons. The first kappa shape index (κ1) is 30.8. The van der Waals surface area contributed by atoms with Crippen LogP contribution in [0.2, 0.25) is 0 Å². The number of rotatable bonds is 16. The average molecular weight is 469 g/mol. The predicted molar refractivity (Wildman–Crippen MR) is 113 cm³/mol. The van der Waals surface area contributed by atoms with Gasteiger partial charge in [-0.1, -0.05) is 81.8 Å². The van der Waals surface area contributed by atoms with Crippen LogP contribution in [-0.4, -0.2) is 35.8 Å². The highest BCUT2D eigenvalue weighted by Gasteiger charge is 2.33. The molecule has 11 heteroatoms. The van der Waals surface area contributed by atoms with Crippen molar-refractivity contribution in [3.05, 3.63) is 0 Å². The van der Waals surface area contributed by atoms with E-state index >= 15 is 0 Å². The quantitative estimate of drug-likeness (QED) is 0.274. The second-order valence-electron chi connectivity index (χ2n) is 7.04. The highest BCUT2D eigenvalue weighted by atomic mass is 32.3. The molecule has 0 aromatic heterocycles. The Morgan fingerprint density at radius 3 is 1.59 bits per heavy atom. The summed E-state index contributed by atoms with van der Waals surface area (Å²) in [6.45, 7) is 8.01. The summed E-state index contributed by atoms with van der Waals surface area (Å²) in [5, 5.41) is 0. The standard InChI is InChI=1S/C17H35F3N2O4S2.CH4/c1-5-9-11-15(7-3)13-22(14-16(8-4)12-10-6-2)28(24,25)21-27(23,26-20)17(18)19;/h15-17H,5-14H2,1-4H3;1H4. The molecule has 0 rings (SSSR count). The molecule has 0 aromatic carbocycles. The van der Waals surface area contributed by atoms with Crippen molar-refractivity contribution in [3.63, 3.8) is 0 Å². The lowest BCUT2D eigenvalue weighted by molar-refractivity contribution is -0.000824. The molecule has 0 radical (unpaired) electrons. The summed E-state index contributed by atoms with van der Waals surface area (Å²) in [4.78, 5) is 0. The van der Waals surface area contributed by atoms with Crippen LogP contribution >= 0.6 is 0 Å². The third kappa shape index (κ3) is 11.0. The second kappa shape index (κ2) is 15.4. The lowest BCUT2D eigenvalue weighted by Crippen LogP contribution is -2.38. The normalized spacial score (nSPS) is 16.3. The molecule has 0 heterocycles. The molecule has 3 atom stereocenters. The number of hydrogen-bond acceptors (Lipinski definition) is 4. The van der Waals surface area contributed by atoms with Crippen molar-refractivity contribution >= 4 is 20.2 Å². The summed E-state index contributed by atoms with van der Waals surface area (Å²) in [5.74, 6) is -3.87. The van der Waals surface area contributed by atoms with E-state index in [4.69, 9.17) is 0 Å². The topological polar surface area (TPSA) is 76.0 Å². The SMILES string of the molecule is C.CCCCC(CC)CN(CC(CC)CCCC)S(=O)(=O)N=S(=O)(OF)C(F)F. The fourth-order valence-electron chi connectivity index (χ4n) is 2.92. The van der Waals surface area contributed by atoms with E-state index in [1.165, 1.54) is 0 Å². The smallest absolute Gasteiger partial charge is 0.211 e. The molecular formula is C18H39F3N2O4S2. The molecule has 6 nitrogen and oxygen atoms in total. The van der Waals surface area contributed by atoms with Gasteiger partial charge in [-0.05, 0) is 29.2 Å². The lowest BCUT2D eigenvalue weighted by atomic mass is 9.97. The molecule has 0 saturated heterocycles. The van der Waals surface area contributed by atoms with Crippen LogP contribution < -0.4 is 0 Å². The monoisotopic (exact) mass is 468 g/mol. The van der Waals surface area contributed by atoms with Crippen LogP contribution in [0, 0.1) is 11.8 Å². The predicted octanol–water partition coefficient (Wildman–Crippen LogP) is 6.11. The van der Waals surface area contributed by atoms with Gasteiger partial charge in [0.15, 0.2) is 0 Å². The van der Waals surface area contributed by atoms with E-state index in [9.17, 15) is 25.9 Å². The minimum Gasteiger partial charge on any atom is -0.211 e. The first-order valence-corrected chi connectivity index (χ1v) is 12.9. The van der Waals surface area contributed by atoms with Gasteiger partial charge in [0.1, 0.15) is 0 Å². The maximum Gasteiger partial charge on any atom is 0.346 e.